The second-order valence-electron chi connectivity index (χ2n) is 6.45. The van der Waals surface area contributed by atoms with Gasteiger partial charge in [-0.05, 0) is 38.1 Å². The number of pyridine rings is 1. The fourth-order valence-corrected chi connectivity index (χ4v) is 4.15. The Hall–Kier alpha value is -1.67. The Bertz CT molecular complexity index is 693. The van der Waals surface area contributed by atoms with Gasteiger partial charge in [-0.15, -0.1) is 0 Å². The molecule has 1 aromatic heterocycles. The van der Waals surface area contributed by atoms with Crippen molar-refractivity contribution in [3.05, 3.63) is 18.3 Å². The molecule has 2 saturated heterocycles. The van der Waals surface area contributed by atoms with E-state index in [1.54, 1.807) is 18.3 Å². The number of likely N-dealkylation sites (tertiary alicyclic amines) is 1. The first-order chi connectivity index (χ1) is 11.4. The van der Waals surface area contributed by atoms with Crippen LogP contribution in [0.15, 0.2) is 23.2 Å². The molecule has 24 heavy (non-hydrogen) atoms. The maximum Gasteiger partial charge on any atom is 0.236 e. The Morgan fingerprint density at radius 3 is 2.42 bits per heavy atom. The lowest BCUT2D eigenvalue weighted by molar-refractivity contribution is -0.132. The lowest BCUT2D eigenvalue weighted by atomic mass is 10.3. The molecule has 2 aliphatic rings. The molecule has 8 heteroatoms. The molecule has 132 valence electrons. The highest BCUT2D eigenvalue weighted by molar-refractivity contribution is 7.90. The molecule has 0 unspecified atom stereocenters. The molecule has 0 aromatic carbocycles. The number of anilines is 1. The summed E-state index contributed by atoms with van der Waals surface area (Å²) < 4.78 is 23.9. The smallest absolute Gasteiger partial charge is 0.236 e. The van der Waals surface area contributed by atoms with Crippen molar-refractivity contribution >= 4 is 21.6 Å². The van der Waals surface area contributed by atoms with Crippen LogP contribution < -0.4 is 4.90 Å². The fraction of sp³-hybridized carbons (Fsp3) is 0.625. The zero-order chi connectivity index (χ0) is 17.2. The van der Waals surface area contributed by atoms with Gasteiger partial charge in [-0.25, -0.2) is 13.4 Å². The average Bonchev–Trinajstić information content (AvgIpc) is 3.07. The van der Waals surface area contributed by atoms with Gasteiger partial charge in [0.05, 0.1) is 6.54 Å². The van der Waals surface area contributed by atoms with Crippen LogP contribution in [-0.4, -0.2) is 81.2 Å². The molecule has 0 saturated carbocycles. The molecule has 0 bridgehead atoms. The van der Waals surface area contributed by atoms with E-state index in [4.69, 9.17) is 0 Å². The number of rotatable bonds is 4. The predicted molar refractivity (Wildman–Crippen MR) is 91.8 cm³/mol. The fourth-order valence-electron chi connectivity index (χ4n) is 3.31. The number of sulfone groups is 1. The number of nitrogens with zero attached hydrogens (tertiary/aromatic N) is 4. The van der Waals surface area contributed by atoms with E-state index in [9.17, 15) is 13.2 Å². The van der Waals surface area contributed by atoms with Crippen molar-refractivity contribution in [3.8, 4) is 0 Å². The lowest BCUT2D eigenvalue weighted by Gasteiger charge is -2.36. The molecule has 0 radical (unpaired) electrons. The summed E-state index contributed by atoms with van der Waals surface area (Å²) in [5.41, 5.74) is 0. The molecule has 3 rings (SSSR count). The Balaban J connectivity index is 1.62. The maximum absolute atomic E-state index is 12.4. The predicted octanol–water partition coefficient (Wildman–Crippen LogP) is 0.230. The summed E-state index contributed by atoms with van der Waals surface area (Å²) in [6.45, 7) is 4.93. The molecule has 1 amide bonds. The van der Waals surface area contributed by atoms with Gasteiger partial charge >= 0.3 is 0 Å². The molecule has 0 spiro atoms. The van der Waals surface area contributed by atoms with Crippen molar-refractivity contribution in [2.24, 2.45) is 0 Å². The molecule has 0 atom stereocenters. The van der Waals surface area contributed by atoms with Crippen molar-refractivity contribution in [1.29, 1.82) is 0 Å². The van der Waals surface area contributed by atoms with E-state index in [0.29, 0.717) is 38.5 Å². The Morgan fingerprint density at radius 2 is 1.79 bits per heavy atom. The third-order valence-corrected chi connectivity index (χ3v) is 5.76. The first-order valence-corrected chi connectivity index (χ1v) is 10.2. The van der Waals surface area contributed by atoms with Gasteiger partial charge in [-0.3, -0.25) is 9.69 Å². The Labute approximate surface area is 143 Å². The quantitative estimate of drug-likeness (QED) is 0.772. The Kier molecular flexibility index (Phi) is 5.05. The average molecular weight is 352 g/mol. The van der Waals surface area contributed by atoms with E-state index >= 15 is 0 Å². The van der Waals surface area contributed by atoms with Crippen molar-refractivity contribution < 1.29 is 13.2 Å². The number of hydrogen-bond acceptors (Lipinski definition) is 6. The summed E-state index contributed by atoms with van der Waals surface area (Å²) in [7, 11) is -3.32. The summed E-state index contributed by atoms with van der Waals surface area (Å²) >= 11 is 0. The van der Waals surface area contributed by atoms with Crippen LogP contribution in [0.1, 0.15) is 12.8 Å². The normalized spacial score (nSPS) is 19.7. The maximum atomic E-state index is 12.4. The largest absolute Gasteiger partial charge is 0.352 e. The summed E-state index contributed by atoms with van der Waals surface area (Å²) in [6, 6.07) is 3.22. The molecular weight excluding hydrogens is 328 g/mol. The molecular formula is C16H24N4O3S. The van der Waals surface area contributed by atoms with Gasteiger partial charge in [-0.1, -0.05) is 0 Å². The summed E-state index contributed by atoms with van der Waals surface area (Å²) in [6.07, 6.45) is 5.16. The Morgan fingerprint density at radius 1 is 1.12 bits per heavy atom. The van der Waals surface area contributed by atoms with E-state index in [-0.39, 0.29) is 10.8 Å². The molecule has 0 aliphatic carbocycles. The number of carbonyl (C=O) groups is 1. The standard InChI is InChI=1S/C16H24N4O3S/c1-24(22,23)14-5-4-6-17-16(14)20-11-9-19(10-12-20)15(21)13-18-7-2-3-8-18/h4-6H,2-3,7-13H2,1H3. The molecule has 0 N–H and O–H groups in total. The van der Waals surface area contributed by atoms with Crippen molar-refractivity contribution in [2.75, 3.05) is 57.0 Å². The third kappa shape index (κ3) is 3.87. The number of amides is 1. The van der Waals surface area contributed by atoms with Crippen LogP contribution in [-0.2, 0) is 14.6 Å². The van der Waals surface area contributed by atoms with E-state index in [2.05, 4.69) is 9.88 Å². The minimum Gasteiger partial charge on any atom is -0.352 e. The molecule has 2 aliphatic heterocycles. The van der Waals surface area contributed by atoms with Crippen LogP contribution in [0.3, 0.4) is 0 Å². The number of carbonyl (C=O) groups excluding carboxylic acids is 1. The van der Waals surface area contributed by atoms with Gasteiger partial charge in [0.1, 0.15) is 10.7 Å². The SMILES string of the molecule is CS(=O)(=O)c1cccnc1N1CCN(C(=O)CN2CCCC2)CC1. The highest BCUT2D eigenvalue weighted by Crippen LogP contribution is 2.23. The van der Waals surface area contributed by atoms with Crippen molar-refractivity contribution in [3.63, 3.8) is 0 Å². The first kappa shape index (κ1) is 17.2. The first-order valence-electron chi connectivity index (χ1n) is 8.35. The third-order valence-electron chi connectivity index (χ3n) is 4.64. The van der Waals surface area contributed by atoms with E-state index in [0.717, 1.165) is 13.1 Å². The lowest BCUT2D eigenvalue weighted by Crippen LogP contribution is -2.51. The summed E-state index contributed by atoms with van der Waals surface area (Å²) in [4.78, 5) is 22.9. The van der Waals surface area contributed by atoms with Crippen LogP contribution in [0.2, 0.25) is 0 Å². The molecule has 1 aromatic rings. The van der Waals surface area contributed by atoms with Gasteiger partial charge in [0.15, 0.2) is 9.84 Å². The van der Waals surface area contributed by atoms with Gasteiger partial charge in [0, 0.05) is 38.6 Å². The molecule has 3 heterocycles. The van der Waals surface area contributed by atoms with Crippen LogP contribution in [0, 0.1) is 0 Å². The zero-order valence-corrected chi connectivity index (χ0v) is 14.8. The summed E-state index contributed by atoms with van der Waals surface area (Å²) in [5, 5.41) is 0. The zero-order valence-electron chi connectivity index (χ0n) is 14.0. The van der Waals surface area contributed by atoms with Gasteiger partial charge < -0.3 is 9.80 Å². The number of piperazine rings is 1. The number of aromatic nitrogens is 1. The molecule has 2 fully saturated rings. The monoisotopic (exact) mass is 352 g/mol. The van der Waals surface area contributed by atoms with E-state index in [1.807, 2.05) is 9.80 Å². The highest BCUT2D eigenvalue weighted by atomic mass is 32.2. The van der Waals surface area contributed by atoms with Gasteiger partial charge in [0.25, 0.3) is 0 Å². The van der Waals surface area contributed by atoms with Crippen molar-refractivity contribution in [2.45, 2.75) is 17.7 Å². The van der Waals surface area contributed by atoms with Crippen LogP contribution in [0.4, 0.5) is 5.82 Å². The van der Waals surface area contributed by atoms with Crippen LogP contribution >= 0.6 is 0 Å². The van der Waals surface area contributed by atoms with Crippen molar-refractivity contribution in [1.82, 2.24) is 14.8 Å². The molecule has 7 nitrogen and oxygen atoms in total. The van der Waals surface area contributed by atoms with E-state index in [1.165, 1.54) is 19.1 Å². The van der Waals surface area contributed by atoms with Crippen LogP contribution in [0.25, 0.3) is 0 Å². The minimum atomic E-state index is -3.32. The van der Waals surface area contributed by atoms with Gasteiger partial charge in [-0.2, -0.15) is 0 Å². The summed E-state index contributed by atoms with van der Waals surface area (Å²) in [5.74, 6) is 0.660. The second kappa shape index (κ2) is 7.06. The second-order valence-corrected chi connectivity index (χ2v) is 8.43. The topological polar surface area (TPSA) is 73.8 Å². The number of hydrogen-bond donors (Lipinski definition) is 0. The van der Waals surface area contributed by atoms with Crippen LogP contribution in [0.5, 0.6) is 0 Å². The van der Waals surface area contributed by atoms with Gasteiger partial charge in [0.2, 0.25) is 5.91 Å². The minimum absolute atomic E-state index is 0.168. The highest BCUT2D eigenvalue weighted by Gasteiger charge is 2.26. The van der Waals surface area contributed by atoms with E-state index < -0.39 is 9.84 Å².